The zero-order valence-electron chi connectivity index (χ0n) is 12.5. The summed E-state index contributed by atoms with van der Waals surface area (Å²) in [4.78, 5) is 24.3. The van der Waals surface area contributed by atoms with E-state index in [1.807, 2.05) is 13.0 Å². The van der Waals surface area contributed by atoms with Gasteiger partial charge in [0.1, 0.15) is 5.76 Å². The number of aryl methyl sites for hydroxylation is 1. The molecule has 0 bridgehead atoms. The van der Waals surface area contributed by atoms with Crippen molar-refractivity contribution >= 4 is 12.0 Å². The van der Waals surface area contributed by atoms with Crippen LogP contribution in [0, 0.1) is 6.92 Å². The van der Waals surface area contributed by atoms with Crippen molar-refractivity contribution in [1.29, 1.82) is 0 Å². The molecular formula is C16H18N2O4. The lowest BCUT2D eigenvalue weighted by Crippen LogP contribution is -2.36. The lowest BCUT2D eigenvalue weighted by molar-refractivity contribution is 0.0697. The molecule has 2 amide bonds. The van der Waals surface area contributed by atoms with Gasteiger partial charge in [0.05, 0.1) is 18.4 Å². The molecule has 6 heteroatoms. The predicted molar refractivity (Wildman–Crippen MR) is 80.5 cm³/mol. The fraction of sp³-hybridized carbons (Fsp3) is 0.250. The minimum absolute atomic E-state index is 0.223. The Morgan fingerprint density at radius 3 is 2.45 bits per heavy atom. The lowest BCUT2D eigenvalue weighted by Gasteiger charge is -2.17. The Kier molecular flexibility index (Phi) is 4.83. The maximum Gasteiger partial charge on any atom is 0.335 e. The van der Waals surface area contributed by atoms with Crippen LogP contribution in [-0.2, 0) is 13.1 Å². The second kappa shape index (κ2) is 6.80. The number of hydrogen-bond donors (Lipinski definition) is 2. The number of hydrogen-bond acceptors (Lipinski definition) is 3. The van der Waals surface area contributed by atoms with Crippen LogP contribution in [0.2, 0.25) is 0 Å². The van der Waals surface area contributed by atoms with Gasteiger partial charge in [0.15, 0.2) is 0 Å². The summed E-state index contributed by atoms with van der Waals surface area (Å²) in [5, 5.41) is 11.6. The van der Waals surface area contributed by atoms with E-state index in [4.69, 9.17) is 9.52 Å². The zero-order valence-corrected chi connectivity index (χ0v) is 12.5. The Morgan fingerprint density at radius 1 is 1.23 bits per heavy atom. The molecule has 0 aliphatic heterocycles. The van der Waals surface area contributed by atoms with Crippen molar-refractivity contribution in [3.63, 3.8) is 0 Å². The molecule has 0 spiro atoms. The number of amides is 2. The van der Waals surface area contributed by atoms with Gasteiger partial charge in [0.25, 0.3) is 0 Å². The van der Waals surface area contributed by atoms with Crippen LogP contribution in [-0.4, -0.2) is 29.1 Å². The van der Waals surface area contributed by atoms with Crippen LogP contribution in [0.3, 0.4) is 0 Å². The van der Waals surface area contributed by atoms with Gasteiger partial charge >= 0.3 is 12.0 Å². The van der Waals surface area contributed by atoms with Crippen molar-refractivity contribution in [2.75, 3.05) is 7.05 Å². The van der Waals surface area contributed by atoms with Crippen LogP contribution < -0.4 is 5.32 Å². The average molecular weight is 302 g/mol. The van der Waals surface area contributed by atoms with E-state index in [1.54, 1.807) is 25.4 Å². The van der Waals surface area contributed by atoms with Crippen LogP contribution in [0.1, 0.15) is 27.2 Å². The zero-order chi connectivity index (χ0) is 16.1. The third kappa shape index (κ3) is 3.88. The van der Waals surface area contributed by atoms with Crippen LogP contribution in [0.15, 0.2) is 41.0 Å². The van der Waals surface area contributed by atoms with Crippen LogP contribution in [0.25, 0.3) is 0 Å². The number of aromatic carboxylic acids is 1. The van der Waals surface area contributed by atoms with Gasteiger partial charge in [-0.2, -0.15) is 0 Å². The maximum atomic E-state index is 12.0. The third-order valence-corrected chi connectivity index (χ3v) is 3.34. The second-order valence-corrected chi connectivity index (χ2v) is 5.04. The monoisotopic (exact) mass is 302 g/mol. The van der Waals surface area contributed by atoms with Crippen LogP contribution in [0.4, 0.5) is 4.79 Å². The topological polar surface area (TPSA) is 82.8 Å². The number of carboxylic acids is 1. The van der Waals surface area contributed by atoms with E-state index in [2.05, 4.69) is 5.32 Å². The van der Waals surface area contributed by atoms with E-state index in [-0.39, 0.29) is 11.6 Å². The van der Waals surface area contributed by atoms with Gasteiger partial charge in [0, 0.05) is 13.6 Å². The minimum Gasteiger partial charge on any atom is -0.478 e. The van der Waals surface area contributed by atoms with E-state index < -0.39 is 5.97 Å². The quantitative estimate of drug-likeness (QED) is 0.889. The van der Waals surface area contributed by atoms with E-state index in [1.165, 1.54) is 17.0 Å². The van der Waals surface area contributed by atoms with Crippen molar-refractivity contribution < 1.29 is 19.1 Å². The number of nitrogens with one attached hydrogen (secondary N) is 1. The fourth-order valence-electron chi connectivity index (χ4n) is 1.93. The van der Waals surface area contributed by atoms with Crippen molar-refractivity contribution in [3.05, 3.63) is 59.0 Å². The van der Waals surface area contributed by atoms with E-state index in [9.17, 15) is 9.59 Å². The van der Waals surface area contributed by atoms with Gasteiger partial charge in [-0.15, -0.1) is 0 Å². The Balaban J connectivity index is 1.86. The summed E-state index contributed by atoms with van der Waals surface area (Å²) >= 11 is 0. The molecule has 2 rings (SSSR count). The molecular weight excluding hydrogens is 284 g/mol. The van der Waals surface area contributed by atoms with Gasteiger partial charge in [0.2, 0.25) is 0 Å². The summed E-state index contributed by atoms with van der Waals surface area (Å²) < 4.78 is 5.31. The summed E-state index contributed by atoms with van der Waals surface area (Å²) in [6.07, 6.45) is 1.60. The molecule has 116 valence electrons. The molecule has 2 N–H and O–H groups in total. The number of carbonyl (C=O) groups is 2. The van der Waals surface area contributed by atoms with Crippen molar-refractivity contribution in [1.82, 2.24) is 10.2 Å². The molecule has 0 fully saturated rings. The standard InChI is InChI=1S/C16H18N2O4/c1-11-7-8-22-14(11)10-18(2)16(21)17-9-12-3-5-13(6-4-12)15(19)20/h3-8H,9-10H2,1-2H3,(H,17,21)(H,19,20). The molecule has 0 saturated carbocycles. The Labute approximate surface area is 128 Å². The molecule has 22 heavy (non-hydrogen) atoms. The summed E-state index contributed by atoms with van der Waals surface area (Å²) in [5.74, 6) is -0.215. The minimum atomic E-state index is -0.968. The average Bonchev–Trinajstić information content (AvgIpc) is 2.90. The molecule has 0 aliphatic rings. The van der Waals surface area contributed by atoms with E-state index in [0.717, 1.165) is 16.9 Å². The highest BCUT2D eigenvalue weighted by Crippen LogP contribution is 2.11. The molecule has 0 saturated heterocycles. The Morgan fingerprint density at radius 2 is 1.91 bits per heavy atom. The first-order valence-corrected chi connectivity index (χ1v) is 6.81. The molecule has 0 unspecified atom stereocenters. The highest BCUT2D eigenvalue weighted by molar-refractivity contribution is 5.87. The number of rotatable bonds is 5. The smallest absolute Gasteiger partial charge is 0.335 e. The van der Waals surface area contributed by atoms with E-state index >= 15 is 0 Å². The normalized spacial score (nSPS) is 10.3. The predicted octanol–water partition coefficient (Wildman–Crippen LogP) is 2.63. The molecule has 2 aromatic rings. The lowest BCUT2D eigenvalue weighted by atomic mass is 10.1. The maximum absolute atomic E-state index is 12.0. The van der Waals surface area contributed by atoms with Gasteiger partial charge < -0.3 is 19.7 Å². The number of urea groups is 1. The number of nitrogens with zero attached hydrogens (tertiary/aromatic N) is 1. The Bertz CT molecular complexity index is 661. The van der Waals surface area contributed by atoms with E-state index in [0.29, 0.717) is 13.1 Å². The first-order valence-electron chi connectivity index (χ1n) is 6.81. The third-order valence-electron chi connectivity index (χ3n) is 3.34. The molecule has 1 aromatic heterocycles. The highest BCUT2D eigenvalue weighted by Gasteiger charge is 2.12. The molecule has 0 aliphatic carbocycles. The summed E-state index contributed by atoms with van der Waals surface area (Å²) in [5.41, 5.74) is 2.06. The van der Waals surface area contributed by atoms with Gasteiger partial charge in [-0.05, 0) is 36.2 Å². The summed E-state index contributed by atoms with van der Waals surface area (Å²) in [6.45, 7) is 2.65. The molecule has 1 heterocycles. The number of benzene rings is 1. The molecule has 0 radical (unpaired) electrons. The Hall–Kier alpha value is -2.76. The SMILES string of the molecule is Cc1ccoc1CN(C)C(=O)NCc1ccc(C(=O)O)cc1. The number of carbonyl (C=O) groups excluding carboxylic acids is 1. The van der Waals surface area contributed by atoms with Crippen molar-refractivity contribution in [2.24, 2.45) is 0 Å². The molecule has 6 nitrogen and oxygen atoms in total. The summed E-state index contributed by atoms with van der Waals surface area (Å²) in [6, 6.07) is 8.02. The van der Waals surface area contributed by atoms with Crippen molar-refractivity contribution in [3.8, 4) is 0 Å². The van der Waals surface area contributed by atoms with Crippen LogP contribution >= 0.6 is 0 Å². The fourth-order valence-corrected chi connectivity index (χ4v) is 1.93. The van der Waals surface area contributed by atoms with Gasteiger partial charge in [-0.3, -0.25) is 0 Å². The first-order chi connectivity index (χ1) is 10.5. The highest BCUT2D eigenvalue weighted by atomic mass is 16.4. The number of furan rings is 1. The van der Waals surface area contributed by atoms with Crippen molar-refractivity contribution in [2.45, 2.75) is 20.0 Å². The molecule has 1 aromatic carbocycles. The largest absolute Gasteiger partial charge is 0.478 e. The van der Waals surface area contributed by atoms with Gasteiger partial charge in [-0.25, -0.2) is 9.59 Å². The van der Waals surface area contributed by atoms with Gasteiger partial charge in [-0.1, -0.05) is 12.1 Å². The second-order valence-electron chi connectivity index (χ2n) is 5.04. The molecule has 0 atom stereocenters. The first kappa shape index (κ1) is 15.6. The number of carboxylic acid groups (broad SMARTS) is 1. The van der Waals surface area contributed by atoms with Crippen LogP contribution in [0.5, 0.6) is 0 Å². The summed E-state index contributed by atoms with van der Waals surface area (Å²) in [7, 11) is 1.69.